The fraction of sp³-hybridized carbons (Fsp3) is 0.156. The number of rotatable bonds is 9. The van der Waals surface area contributed by atoms with Crippen molar-refractivity contribution in [1.82, 2.24) is 4.90 Å². The van der Waals surface area contributed by atoms with Gasteiger partial charge in [0.05, 0.1) is 22.8 Å². The van der Waals surface area contributed by atoms with Gasteiger partial charge in [0.2, 0.25) is 0 Å². The lowest BCUT2D eigenvalue weighted by Crippen LogP contribution is -2.28. The number of thioether (sulfide) groups is 1. The Morgan fingerprint density at radius 2 is 1.70 bits per heavy atom. The van der Waals surface area contributed by atoms with Crippen LogP contribution in [0.15, 0.2) is 94.8 Å². The summed E-state index contributed by atoms with van der Waals surface area (Å²) in [5.41, 5.74) is 2.62. The quantitative estimate of drug-likeness (QED) is 0.222. The third-order valence-electron chi connectivity index (χ3n) is 6.32. The molecule has 0 saturated carbocycles. The van der Waals surface area contributed by atoms with Crippen molar-refractivity contribution in [3.8, 4) is 11.5 Å². The second kappa shape index (κ2) is 12.1. The van der Waals surface area contributed by atoms with Gasteiger partial charge in [0.25, 0.3) is 5.91 Å². The van der Waals surface area contributed by atoms with Crippen molar-refractivity contribution < 1.29 is 24.2 Å². The fourth-order valence-electron chi connectivity index (χ4n) is 4.30. The van der Waals surface area contributed by atoms with Crippen molar-refractivity contribution in [3.63, 3.8) is 0 Å². The van der Waals surface area contributed by atoms with Gasteiger partial charge in [-0.1, -0.05) is 42.5 Å². The van der Waals surface area contributed by atoms with E-state index in [-0.39, 0.29) is 11.5 Å². The van der Waals surface area contributed by atoms with Crippen LogP contribution in [-0.4, -0.2) is 40.2 Å². The molecule has 1 N–H and O–H groups in total. The molecule has 202 valence electrons. The van der Waals surface area contributed by atoms with Crippen molar-refractivity contribution in [1.29, 1.82) is 0 Å². The summed E-state index contributed by atoms with van der Waals surface area (Å²) in [5.74, 6) is 0.0993. The number of fused-ring (bicyclic) bond motifs is 1. The highest BCUT2D eigenvalue weighted by molar-refractivity contribution is 8.18. The Balaban J connectivity index is 1.35. The van der Waals surface area contributed by atoms with Gasteiger partial charge in [-0.05, 0) is 96.0 Å². The number of likely N-dealkylation sites (N-methyl/N-ethyl adjacent to an activating group) is 1. The van der Waals surface area contributed by atoms with Gasteiger partial charge in [0.15, 0.2) is 16.7 Å². The van der Waals surface area contributed by atoms with E-state index in [1.165, 1.54) is 29.3 Å². The summed E-state index contributed by atoms with van der Waals surface area (Å²) in [4.78, 5) is 31.0. The lowest BCUT2D eigenvalue weighted by atomic mass is 10.1. The molecule has 0 spiro atoms. The number of hydrogen-bond donors (Lipinski definition) is 1. The highest BCUT2D eigenvalue weighted by Crippen LogP contribution is 2.36. The summed E-state index contributed by atoms with van der Waals surface area (Å²) in [7, 11) is 0. The minimum atomic E-state index is -0.999. The second-order valence-corrected chi connectivity index (χ2v) is 10.0. The van der Waals surface area contributed by atoms with Gasteiger partial charge >= 0.3 is 5.97 Å². The number of amides is 1. The molecule has 4 aromatic carbocycles. The number of carboxylic acids is 1. The third-order valence-corrected chi connectivity index (χ3v) is 7.32. The zero-order valence-corrected chi connectivity index (χ0v) is 23.0. The van der Waals surface area contributed by atoms with Crippen LogP contribution in [0, 0.1) is 0 Å². The fourth-order valence-corrected chi connectivity index (χ4v) is 5.36. The molecule has 1 saturated heterocycles. The Morgan fingerprint density at radius 3 is 2.42 bits per heavy atom. The Labute approximate surface area is 236 Å². The minimum absolute atomic E-state index is 0.136. The van der Waals surface area contributed by atoms with E-state index >= 15 is 0 Å². The van der Waals surface area contributed by atoms with Gasteiger partial charge in [-0.15, -0.1) is 0 Å². The molecule has 1 aliphatic rings. The van der Waals surface area contributed by atoms with Crippen LogP contribution in [0.2, 0.25) is 0 Å². The van der Waals surface area contributed by atoms with Crippen molar-refractivity contribution in [2.24, 2.45) is 4.99 Å². The Morgan fingerprint density at radius 1 is 0.925 bits per heavy atom. The Bertz CT molecular complexity index is 1630. The van der Waals surface area contributed by atoms with Gasteiger partial charge in [-0.3, -0.25) is 9.69 Å². The first kappa shape index (κ1) is 27.0. The summed E-state index contributed by atoms with van der Waals surface area (Å²) in [5, 5.41) is 12.0. The van der Waals surface area contributed by atoms with E-state index in [9.17, 15) is 9.59 Å². The van der Waals surface area contributed by atoms with Crippen molar-refractivity contribution >= 4 is 51.3 Å². The van der Waals surface area contributed by atoms with Crippen LogP contribution >= 0.6 is 11.8 Å². The number of hydrogen-bond acceptors (Lipinski definition) is 6. The third kappa shape index (κ3) is 6.02. The zero-order chi connectivity index (χ0) is 28.1. The Hall–Kier alpha value is -4.56. The number of carbonyl (C=O) groups excluding carboxylic acids is 1. The summed E-state index contributed by atoms with van der Waals surface area (Å²) in [6, 6.07) is 26.4. The molecule has 40 heavy (non-hydrogen) atoms. The predicted molar refractivity (Wildman–Crippen MR) is 159 cm³/mol. The van der Waals surface area contributed by atoms with Crippen LogP contribution in [0.3, 0.4) is 0 Å². The van der Waals surface area contributed by atoms with Crippen LogP contribution in [0.4, 0.5) is 5.69 Å². The second-order valence-electron chi connectivity index (χ2n) is 9.02. The lowest BCUT2D eigenvalue weighted by molar-refractivity contribution is -0.122. The van der Waals surface area contributed by atoms with Crippen LogP contribution in [0.1, 0.15) is 35.3 Å². The molecule has 1 amide bonds. The molecule has 1 aliphatic heterocycles. The molecule has 1 fully saturated rings. The number of amidine groups is 1. The van der Waals surface area contributed by atoms with E-state index in [4.69, 9.17) is 14.6 Å². The lowest BCUT2D eigenvalue weighted by Gasteiger charge is -2.13. The maximum atomic E-state index is 13.1. The summed E-state index contributed by atoms with van der Waals surface area (Å²) < 4.78 is 12.0. The van der Waals surface area contributed by atoms with E-state index in [2.05, 4.69) is 35.3 Å². The molecule has 5 rings (SSSR count). The van der Waals surface area contributed by atoms with E-state index in [0.717, 1.165) is 16.5 Å². The van der Waals surface area contributed by atoms with Crippen LogP contribution in [-0.2, 0) is 11.4 Å². The zero-order valence-electron chi connectivity index (χ0n) is 22.2. The van der Waals surface area contributed by atoms with Crippen molar-refractivity contribution in [3.05, 3.63) is 107 Å². The molecule has 0 radical (unpaired) electrons. The molecule has 4 aromatic rings. The number of benzene rings is 4. The van der Waals surface area contributed by atoms with E-state index in [1.807, 2.05) is 50.3 Å². The van der Waals surface area contributed by atoms with Gasteiger partial charge in [0, 0.05) is 6.54 Å². The number of nitrogens with zero attached hydrogens (tertiary/aromatic N) is 2. The van der Waals surface area contributed by atoms with Gasteiger partial charge < -0.3 is 14.6 Å². The molecule has 0 bridgehead atoms. The number of carboxylic acid groups (broad SMARTS) is 1. The van der Waals surface area contributed by atoms with Gasteiger partial charge in [-0.25, -0.2) is 9.79 Å². The standard InChI is InChI=1S/C32H28N2O5S/c1-3-34-30(35)29(40-32(34)33-26-14-12-24(13-15-26)31(36)37)19-21-10-16-27(28(18-21)38-4-2)39-20-22-9-11-23-7-5-6-8-25(23)17-22/h5-19H,3-4,20H2,1-2H3,(H,36,37). The first-order valence-corrected chi connectivity index (χ1v) is 13.8. The molecular formula is C32H28N2O5S. The molecule has 0 unspecified atom stereocenters. The summed E-state index contributed by atoms with van der Waals surface area (Å²) in [6.07, 6.45) is 1.82. The average molecular weight is 553 g/mol. The molecule has 8 heteroatoms. The molecule has 7 nitrogen and oxygen atoms in total. The maximum absolute atomic E-state index is 13.1. The highest BCUT2D eigenvalue weighted by Gasteiger charge is 2.32. The predicted octanol–water partition coefficient (Wildman–Crippen LogP) is 7.14. The van der Waals surface area contributed by atoms with Crippen LogP contribution in [0.5, 0.6) is 11.5 Å². The average Bonchev–Trinajstić information content (AvgIpc) is 3.25. The Kier molecular flexibility index (Phi) is 8.17. The molecule has 0 aliphatic carbocycles. The summed E-state index contributed by atoms with van der Waals surface area (Å²) in [6.45, 7) is 5.14. The number of aromatic carboxylic acids is 1. The first-order valence-electron chi connectivity index (χ1n) is 13.0. The minimum Gasteiger partial charge on any atom is -0.490 e. The van der Waals surface area contributed by atoms with E-state index < -0.39 is 5.97 Å². The summed E-state index contributed by atoms with van der Waals surface area (Å²) >= 11 is 1.28. The largest absolute Gasteiger partial charge is 0.490 e. The molecule has 0 atom stereocenters. The number of aliphatic imine (C=N–C) groups is 1. The van der Waals surface area contributed by atoms with E-state index in [0.29, 0.717) is 47.0 Å². The molecular weight excluding hydrogens is 524 g/mol. The van der Waals surface area contributed by atoms with Crippen LogP contribution < -0.4 is 9.47 Å². The monoisotopic (exact) mass is 552 g/mol. The van der Waals surface area contributed by atoms with Crippen molar-refractivity contribution in [2.45, 2.75) is 20.5 Å². The van der Waals surface area contributed by atoms with Crippen molar-refractivity contribution in [2.75, 3.05) is 13.2 Å². The van der Waals surface area contributed by atoms with Gasteiger partial charge in [0.1, 0.15) is 6.61 Å². The molecule has 0 aromatic heterocycles. The highest BCUT2D eigenvalue weighted by atomic mass is 32.2. The molecule has 1 heterocycles. The number of ether oxygens (including phenoxy) is 2. The van der Waals surface area contributed by atoms with E-state index in [1.54, 1.807) is 17.0 Å². The maximum Gasteiger partial charge on any atom is 0.335 e. The topological polar surface area (TPSA) is 88.4 Å². The smallest absolute Gasteiger partial charge is 0.335 e. The van der Waals surface area contributed by atoms with Gasteiger partial charge in [-0.2, -0.15) is 0 Å². The normalized spacial score (nSPS) is 15.2. The number of carbonyl (C=O) groups is 2. The first-order chi connectivity index (χ1) is 19.4. The van der Waals surface area contributed by atoms with Crippen LogP contribution in [0.25, 0.3) is 16.8 Å². The SMILES string of the molecule is CCOc1cc(C=C2SC(=Nc3ccc(C(=O)O)cc3)N(CC)C2=O)ccc1OCc1ccc2ccccc2c1.